The van der Waals surface area contributed by atoms with Crippen LogP contribution in [0.4, 0.5) is 0 Å². The summed E-state index contributed by atoms with van der Waals surface area (Å²) in [6.07, 6.45) is 0. The number of rotatable bonds is 1. The monoisotopic (exact) mass is 319 g/mol. The van der Waals surface area contributed by atoms with E-state index >= 15 is 0 Å². The van der Waals surface area contributed by atoms with Gasteiger partial charge in [-0.25, -0.2) is 8.42 Å². The van der Waals surface area contributed by atoms with E-state index in [1.54, 1.807) is 23.6 Å². The van der Waals surface area contributed by atoms with Crippen LogP contribution in [0.1, 0.15) is 17.1 Å². The van der Waals surface area contributed by atoms with Gasteiger partial charge in [0.25, 0.3) is 0 Å². The largest absolute Gasteiger partial charge is 0.744 e. The predicted octanol–water partition coefficient (Wildman–Crippen LogP) is 0.459. The van der Waals surface area contributed by atoms with E-state index < -0.39 is 10.1 Å². The van der Waals surface area contributed by atoms with Crippen LogP contribution in [0.5, 0.6) is 0 Å². The zero-order valence-electron chi connectivity index (χ0n) is 12.0. The second kappa shape index (κ2) is 3.84. The molecule has 0 fully saturated rings. The Hall–Kier alpha value is -2.46. The van der Waals surface area contributed by atoms with Crippen LogP contribution in [0.2, 0.25) is 0 Å². The molecule has 10 heteroatoms. The molecule has 0 amide bonds. The van der Waals surface area contributed by atoms with Gasteiger partial charge in [-0.05, 0) is 20.8 Å². The molecule has 0 saturated carbocycles. The van der Waals surface area contributed by atoms with Gasteiger partial charge in [-0.3, -0.25) is 0 Å². The molecule has 0 aromatic carbocycles. The molecule has 0 aliphatic carbocycles. The van der Waals surface area contributed by atoms with Crippen molar-refractivity contribution < 1.29 is 13.0 Å². The number of aromatic nitrogens is 6. The second-order valence-electron chi connectivity index (χ2n) is 5.22. The van der Waals surface area contributed by atoms with Crippen molar-refractivity contribution in [2.45, 2.75) is 25.7 Å². The first-order chi connectivity index (χ1) is 10.3. The first kappa shape index (κ1) is 13.2. The molecule has 0 radical (unpaired) electrons. The first-order valence-electron chi connectivity index (χ1n) is 6.47. The maximum Gasteiger partial charge on any atom is 0.179 e. The van der Waals surface area contributed by atoms with Crippen molar-refractivity contribution in [1.82, 2.24) is 28.8 Å². The molecule has 0 atom stereocenters. The number of hydrogen-bond acceptors (Lipinski definition) is 6. The lowest BCUT2D eigenvalue weighted by Crippen LogP contribution is -2.08. The summed E-state index contributed by atoms with van der Waals surface area (Å²) in [5.41, 5.74) is 2.82. The second-order valence-corrected chi connectivity index (χ2v) is 6.53. The summed E-state index contributed by atoms with van der Waals surface area (Å²) in [5.74, 6) is 0. The van der Waals surface area contributed by atoms with Crippen molar-refractivity contribution in [1.29, 1.82) is 0 Å². The van der Waals surface area contributed by atoms with E-state index in [1.165, 1.54) is 16.0 Å². The van der Waals surface area contributed by atoms with Gasteiger partial charge in [-0.2, -0.15) is 28.8 Å². The van der Waals surface area contributed by atoms with Gasteiger partial charge in [0.05, 0.1) is 17.1 Å². The van der Waals surface area contributed by atoms with Gasteiger partial charge < -0.3 is 4.55 Å². The first-order valence-corrected chi connectivity index (χ1v) is 7.88. The zero-order valence-corrected chi connectivity index (χ0v) is 12.8. The van der Waals surface area contributed by atoms with Gasteiger partial charge in [-0.15, -0.1) is 0 Å². The van der Waals surface area contributed by atoms with Crippen molar-refractivity contribution in [3.8, 4) is 0 Å². The molecule has 22 heavy (non-hydrogen) atoms. The van der Waals surface area contributed by atoms with Crippen molar-refractivity contribution in [3.63, 3.8) is 0 Å². The average molecular weight is 319 g/mol. The molecule has 0 saturated heterocycles. The van der Waals surface area contributed by atoms with Crippen LogP contribution in [-0.4, -0.2) is 41.8 Å². The molecule has 4 aromatic heterocycles. The Morgan fingerprint density at radius 3 is 1.95 bits per heavy atom. The smallest absolute Gasteiger partial charge is 0.179 e. The molecular formula is C12H11N6O3S-. The fourth-order valence-corrected chi connectivity index (χ4v) is 3.54. The summed E-state index contributed by atoms with van der Waals surface area (Å²) in [7, 11) is -4.68. The molecular weight excluding hydrogens is 308 g/mol. The van der Waals surface area contributed by atoms with Crippen LogP contribution < -0.4 is 0 Å². The van der Waals surface area contributed by atoms with E-state index in [9.17, 15) is 13.0 Å². The van der Waals surface area contributed by atoms with E-state index in [2.05, 4.69) is 15.3 Å². The highest BCUT2D eigenvalue weighted by molar-refractivity contribution is 7.86. The summed E-state index contributed by atoms with van der Waals surface area (Å²) in [4.78, 5) is -0.359. The Labute approximate surface area is 124 Å². The number of nitrogens with zero attached hydrogens (tertiary/aromatic N) is 6. The zero-order chi connectivity index (χ0) is 15.8. The number of fused-ring (bicyclic) bond motifs is 6. The molecule has 0 unspecified atom stereocenters. The number of hydrogen-bond donors (Lipinski definition) is 0. The highest BCUT2D eigenvalue weighted by atomic mass is 32.2. The third-order valence-corrected chi connectivity index (χ3v) is 4.47. The van der Waals surface area contributed by atoms with Gasteiger partial charge in [0.15, 0.2) is 16.9 Å². The molecule has 4 heterocycles. The van der Waals surface area contributed by atoms with Crippen LogP contribution in [0.25, 0.3) is 16.9 Å². The Kier molecular flexibility index (Phi) is 2.31. The minimum absolute atomic E-state index is 0.128. The van der Waals surface area contributed by atoms with E-state index in [0.29, 0.717) is 17.0 Å². The highest BCUT2D eigenvalue weighted by Crippen LogP contribution is 2.24. The topological polar surface area (TPSA) is 109 Å². The Morgan fingerprint density at radius 1 is 0.909 bits per heavy atom. The molecule has 114 valence electrons. The Morgan fingerprint density at radius 2 is 1.41 bits per heavy atom. The lowest BCUT2D eigenvalue weighted by Gasteiger charge is -2.07. The van der Waals surface area contributed by atoms with Crippen LogP contribution >= 0.6 is 0 Å². The third-order valence-electron chi connectivity index (χ3n) is 3.49. The summed E-state index contributed by atoms with van der Waals surface area (Å²) in [6.45, 7) is 5.08. The van der Waals surface area contributed by atoms with E-state index in [1.807, 2.05) is 6.92 Å². The summed E-state index contributed by atoms with van der Waals surface area (Å²) < 4.78 is 39.3. The van der Waals surface area contributed by atoms with Crippen LogP contribution in [-0.2, 0) is 10.1 Å². The third kappa shape index (κ3) is 1.56. The average Bonchev–Trinajstić information content (AvgIpc) is 3.01. The van der Waals surface area contributed by atoms with E-state index in [4.69, 9.17) is 0 Å². The van der Waals surface area contributed by atoms with Crippen molar-refractivity contribution in [2.24, 2.45) is 0 Å². The quantitative estimate of drug-likeness (QED) is 0.471. The summed E-state index contributed by atoms with van der Waals surface area (Å²) in [5, 5.41) is 12.8. The predicted molar refractivity (Wildman–Crippen MR) is 74.9 cm³/mol. The van der Waals surface area contributed by atoms with Gasteiger partial charge in [0.2, 0.25) is 0 Å². The fourth-order valence-electron chi connectivity index (χ4n) is 2.74. The lowest BCUT2D eigenvalue weighted by molar-refractivity contribution is 0.463. The summed E-state index contributed by atoms with van der Waals surface area (Å²) in [6, 6.07) is 3.53. The number of aryl methyl sites for hydroxylation is 3. The Balaban J connectivity index is 2.43. The molecule has 0 bridgehead atoms. The molecule has 0 N–H and O–H groups in total. The minimum atomic E-state index is -4.68. The van der Waals surface area contributed by atoms with Gasteiger partial charge in [0.1, 0.15) is 15.0 Å². The van der Waals surface area contributed by atoms with Gasteiger partial charge >= 0.3 is 0 Å². The minimum Gasteiger partial charge on any atom is -0.744 e. The molecule has 0 aliphatic heterocycles. The normalized spacial score (nSPS) is 12.9. The highest BCUT2D eigenvalue weighted by Gasteiger charge is 2.22. The van der Waals surface area contributed by atoms with Crippen molar-refractivity contribution >= 4 is 27.1 Å². The molecule has 9 nitrogen and oxygen atoms in total. The molecule has 0 spiro atoms. The van der Waals surface area contributed by atoms with Crippen molar-refractivity contribution in [2.75, 3.05) is 0 Å². The molecule has 0 aliphatic rings. The van der Waals surface area contributed by atoms with E-state index in [-0.39, 0.29) is 16.2 Å². The Bertz CT molecular complexity index is 1150. The van der Waals surface area contributed by atoms with Crippen LogP contribution in [0.3, 0.4) is 0 Å². The van der Waals surface area contributed by atoms with Gasteiger partial charge in [0, 0.05) is 12.1 Å². The van der Waals surface area contributed by atoms with Crippen LogP contribution in [0, 0.1) is 20.8 Å². The summed E-state index contributed by atoms with van der Waals surface area (Å²) >= 11 is 0. The standard InChI is InChI=1S/C12H12N6O3S/c1-6-4-10-16(13-6)9-5-7(2)14-17(9)12-11(22(19,20)21)8(3)15-18(10)12/h4-5H,1-3H3,(H,19,20,21)/p-1. The van der Waals surface area contributed by atoms with Crippen LogP contribution in [0.15, 0.2) is 17.0 Å². The SMILES string of the molecule is Cc1cc2n(n1)c1cc(C)nn1c1c(S(=O)(=O)[O-])c(C)nn21. The lowest BCUT2D eigenvalue weighted by atomic mass is 10.4. The maximum absolute atomic E-state index is 11.6. The van der Waals surface area contributed by atoms with Crippen molar-refractivity contribution in [3.05, 3.63) is 29.2 Å². The molecule has 4 aromatic rings. The fraction of sp³-hybridized carbons (Fsp3) is 0.250. The maximum atomic E-state index is 11.6. The van der Waals surface area contributed by atoms with Gasteiger partial charge in [-0.1, -0.05) is 0 Å². The molecule has 4 rings (SSSR count). The van der Waals surface area contributed by atoms with E-state index in [0.717, 1.165) is 5.69 Å².